The smallest absolute Gasteiger partial charge is 0.223 e. The van der Waals surface area contributed by atoms with Gasteiger partial charge in [0.1, 0.15) is 6.10 Å². The highest BCUT2D eigenvalue weighted by Crippen LogP contribution is 2.29. The van der Waals surface area contributed by atoms with Crippen LogP contribution in [0.1, 0.15) is 38.5 Å². The van der Waals surface area contributed by atoms with Crippen LogP contribution in [0.2, 0.25) is 0 Å². The minimum atomic E-state index is -0.491. The van der Waals surface area contributed by atoms with Gasteiger partial charge in [0.25, 0.3) is 0 Å². The fourth-order valence-electron chi connectivity index (χ4n) is 2.79. The summed E-state index contributed by atoms with van der Waals surface area (Å²) in [5.74, 6) is 0.133. The number of carbonyl (C=O) groups excluding carboxylic acids is 2. The van der Waals surface area contributed by atoms with E-state index in [1.807, 2.05) is 12.2 Å². The van der Waals surface area contributed by atoms with Gasteiger partial charge in [0.15, 0.2) is 0 Å². The van der Waals surface area contributed by atoms with Crippen molar-refractivity contribution in [1.29, 1.82) is 0 Å². The van der Waals surface area contributed by atoms with Crippen molar-refractivity contribution < 1.29 is 19.4 Å². The van der Waals surface area contributed by atoms with Crippen LogP contribution < -0.4 is 10.6 Å². The Bertz CT molecular complexity index is 457. The lowest BCUT2D eigenvalue weighted by Crippen LogP contribution is -2.49. The van der Waals surface area contributed by atoms with Crippen LogP contribution >= 0.6 is 0 Å². The number of hydrogen-bond donors (Lipinski definition) is 3. The van der Waals surface area contributed by atoms with E-state index in [2.05, 4.69) is 10.6 Å². The van der Waals surface area contributed by atoms with Crippen molar-refractivity contribution in [2.45, 2.75) is 62.8 Å². The molecule has 6 heteroatoms. The fraction of sp³-hybridized carbons (Fsp3) is 0.750. The number of amides is 2. The van der Waals surface area contributed by atoms with Gasteiger partial charge in [0.05, 0.1) is 25.2 Å². The highest BCUT2D eigenvalue weighted by Gasteiger charge is 2.34. The van der Waals surface area contributed by atoms with E-state index in [-0.39, 0.29) is 42.9 Å². The lowest BCUT2D eigenvalue weighted by Gasteiger charge is -2.32. The molecule has 22 heavy (non-hydrogen) atoms. The normalized spacial score (nSPS) is 31.4. The van der Waals surface area contributed by atoms with Crippen LogP contribution in [-0.4, -0.2) is 47.8 Å². The molecule has 0 bridgehead atoms. The number of ether oxygens (including phenoxy) is 1. The predicted molar refractivity (Wildman–Crippen MR) is 79.9 cm³/mol. The highest BCUT2D eigenvalue weighted by atomic mass is 16.5. The highest BCUT2D eigenvalue weighted by molar-refractivity contribution is 5.81. The number of hydrogen-bond acceptors (Lipinski definition) is 4. The lowest BCUT2D eigenvalue weighted by atomic mass is 9.93. The van der Waals surface area contributed by atoms with Gasteiger partial charge in [-0.15, -0.1) is 0 Å². The third-order valence-electron chi connectivity index (χ3n) is 4.58. The zero-order chi connectivity index (χ0) is 15.5. The van der Waals surface area contributed by atoms with E-state index in [4.69, 9.17) is 4.74 Å². The van der Waals surface area contributed by atoms with Gasteiger partial charge in [-0.05, 0) is 32.1 Å². The van der Waals surface area contributed by atoms with Gasteiger partial charge in [0.2, 0.25) is 11.8 Å². The van der Waals surface area contributed by atoms with Gasteiger partial charge in [-0.3, -0.25) is 9.59 Å². The molecule has 3 rings (SSSR count). The molecule has 1 aliphatic heterocycles. The molecule has 0 aromatic carbocycles. The Morgan fingerprint density at radius 3 is 2.50 bits per heavy atom. The fourth-order valence-corrected chi connectivity index (χ4v) is 2.79. The summed E-state index contributed by atoms with van der Waals surface area (Å²) in [6, 6.07) is 0.00308. The van der Waals surface area contributed by atoms with Crippen molar-refractivity contribution in [3.63, 3.8) is 0 Å². The second kappa shape index (κ2) is 6.79. The molecule has 3 N–H and O–H groups in total. The maximum atomic E-state index is 11.9. The first kappa shape index (κ1) is 15.5. The van der Waals surface area contributed by atoms with Crippen LogP contribution in [0.25, 0.3) is 0 Å². The van der Waals surface area contributed by atoms with E-state index in [9.17, 15) is 14.7 Å². The van der Waals surface area contributed by atoms with Crippen LogP contribution in [0.5, 0.6) is 0 Å². The van der Waals surface area contributed by atoms with Gasteiger partial charge < -0.3 is 20.5 Å². The summed E-state index contributed by atoms with van der Waals surface area (Å²) < 4.78 is 5.74. The molecule has 2 saturated carbocycles. The van der Waals surface area contributed by atoms with Crippen molar-refractivity contribution in [3.8, 4) is 0 Å². The zero-order valence-electron chi connectivity index (χ0n) is 12.7. The molecule has 3 atom stereocenters. The van der Waals surface area contributed by atoms with Crippen molar-refractivity contribution in [3.05, 3.63) is 12.2 Å². The minimum absolute atomic E-state index is 0.0171. The summed E-state index contributed by atoms with van der Waals surface area (Å²) in [5.41, 5.74) is 0. The first-order chi connectivity index (χ1) is 10.7. The average molecular weight is 308 g/mol. The molecule has 2 aliphatic carbocycles. The Kier molecular flexibility index (Phi) is 4.78. The minimum Gasteiger partial charge on any atom is -0.394 e. The van der Waals surface area contributed by atoms with Gasteiger partial charge in [-0.1, -0.05) is 12.2 Å². The molecule has 0 saturated heterocycles. The Labute approximate surface area is 130 Å². The first-order valence-corrected chi connectivity index (χ1v) is 8.20. The van der Waals surface area contributed by atoms with Crippen LogP contribution in [0.15, 0.2) is 12.2 Å². The van der Waals surface area contributed by atoms with E-state index < -0.39 is 6.10 Å². The summed E-state index contributed by atoms with van der Waals surface area (Å²) in [4.78, 5) is 23.7. The van der Waals surface area contributed by atoms with Gasteiger partial charge in [0, 0.05) is 12.0 Å². The van der Waals surface area contributed by atoms with E-state index >= 15 is 0 Å². The number of rotatable bonds is 6. The van der Waals surface area contributed by atoms with E-state index in [1.165, 1.54) is 6.42 Å². The third kappa shape index (κ3) is 3.87. The maximum Gasteiger partial charge on any atom is 0.223 e. The van der Waals surface area contributed by atoms with Gasteiger partial charge >= 0.3 is 0 Å². The molecule has 2 fully saturated rings. The van der Waals surface area contributed by atoms with Gasteiger partial charge in [-0.25, -0.2) is 0 Å². The summed E-state index contributed by atoms with van der Waals surface area (Å²) in [6.45, 7) is -0.180. The Balaban J connectivity index is 1.49. The number of aliphatic hydroxyl groups excluding tert-OH is 1. The zero-order valence-corrected chi connectivity index (χ0v) is 12.7. The van der Waals surface area contributed by atoms with E-state index in [0.29, 0.717) is 6.04 Å². The number of aliphatic hydroxyl groups is 1. The number of nitrogens with one attached hydrogen (secondary N) is 2. The maximum absolute atomic E-state index is 11.9. The Hall–Kier alpha value is -1.40. The Morgan fingerprint density at radius 1 is 1.14 bits per heavy atom. The van der Waals surface area contributed by atoms with Crippen molar-refractivity contribution in [2.75, 3.05) is 6.61 Å². The van der Waals surface area contributed by atoms with Crippen molar-refractivity contribution in [1.82, 2.24) is 10.6 Å². The second-order valence-corrected chi connectivity index (χ2v) is 6.49. The molecule has 0 unspecified atom stereocenters. The average Bonchev–Trinajstić information content (AvgIpc) is 3.29. The molecule has 0 spiro atoms. The standard InChI is InChI=1S/C16H24N2O4/c19-9-14-13(18-16(21)10-4-5-10)7-6-12(22-14)8-15(20)17-11-2-1-3-11/h6-7,10-14,19H,1-5,8-9H2,(H,17,20)(H,18,21)/t12-,13+,14+/m0/s1. The summed E-state index contributed by atoms with van der Waals surface area (Å²) in [6.07, 6.45) is 8.25. The molecule has 0 aromatic heterocycles. The molecular weight excluding hydrogens is 284 g/mol. The monoisotopic (exact) mass is 308 g/mol. The molecular formula is C16H24N2O4. The van der Waals surface area contributed by atoms with Crippen LogP contribution in [0.3, 0.4) is 0 Å². The molecule has 3 aliphatic rings. The van der Waals surface area contributed by atoms with E-state index in [1.54, 1.807) is 0 Å². The lowest BCUT2D eigenvalue weighted by molar-refractivity contribution is -0.129. The quantitative estimate of drug-likeness (QED) is 0.614. The topological polar surface area (TPSA) is 87.7 Å². The van der Waals surface area contributed by atoms with Crippen molar-refractivity contribution in [2.24, 2.45) is 5.92 Å². The first-order valence-electron chi connectivity index (χ1n) is 8.20. The summed E-state index contributed by atoms with van der Waals surface area (Å²) in [5, 5.41) is 15.3. The SMILES string of the molecule is O=C(C[C@@H]1C=C[C@@H](NC(=O)C2CC2)[C@@H](CO)O1)NC1CCC1. The molecule has 122 valence electrons. The summed E-state index contributed by atoms with van der Waals surface area (Å²) >= 11 is 0. The van der Waals surface area contributed by atoms with Crippen LogP contribution in [0.4, 0.5) is 0 Å². The molecule has 1 heterocycles. The largest absolute Gasteiger partial charge is 0.394 e. The van der Waals surface area contributed by atoms with Crippen LogP contribution in [0, 0.1) is 5.92 Å². The third-order valence-corrected chi connectivity index (χ3v) is 4.58. The van der Waals surface area contributed by atoms with Gasteiger partial charge in [-0.2, -0.15) is 0 Å². The molecule has 0 aromatic rings. The molecule has 0 radical (unpaired) electrons. The number of carbonyl (C=O) groups is 2. The molecule has 2 amide bonds. The second-order valence-electron chi connectivity index (χ2n) is 6.49. The predicted octanol–water partition coefficient (Wildman–Crippen LogP) is 0.256. The molecule has 6 nitrogen and oxygen atoms in total. The Morgan fingerprint density at radius 2 is 1.91 bits per heavy atom. The van der Waals surface area contributed by atoms with Crippen LogP contribution in [-0.2, 0) is 14.3 Å². The van der Waals surface area contributed by atoms with E-state index in [0.717, 1.165) is 25.7 Å². The van der Waals surface area contributed by atoms with Crippen molar-refractivity contribution >= 4 is 11.8 Å². The summed E-state index contributed by atoms with van der Waals surface area (Å²) in [7, 11) is 0.